The van der Waals surface area contributed by atoms with Crippen molar-refractivity contribution in [3.05, 3.63) is 17.7 Å². The molecule has 0 unspecified atom stereocenters. The molecule has 28 heavy (non-hydrogen) atoms. The molecule has 2 heteroatoms. The highest BCUT2D eigenvalue weighted by Gasteiger charge is 2.12. The topological polar surface area (TPSA) is 22.4 Å². The van der Waals surface area contributed by atoms with E-state index >= 15 is 0 Å². The van der Waals surface area contributed by atoms with Crippen LogP contribution in [0.1, 0.15) is 122 Å². The van der Waals surface area contributed by atoms with Gasteiger partial charge in [0.05, 0.1) is 6.61 Å². The lowest BCUT2D eigenvalue weighted by Crippen LogP contribution is -1.97. The Bertz CT molecular complexity index is 586. The van der Waals surface area contributed by atoms with Gasteiger partial charge in [-0.3, -0.25) is 0 Å². The molecule has 0 spiro atoms. The molecule has 0 aromatic carbocycles. The molecule has 0 saturated heterocycles. The highest BCUT2D eigenvalue weighted by Crippen LogP contribution is 2.33. The van der Waals surface area contributed by atoms with Gasteiger partial charge in [-0.25, -0.2) is 0 Å². The third-order valence-corrected chi connectivity index (χ3v) is 5.98. The molecule has 2 aromatic rings. The highest BCUT2D eigenvalue weighted by molar-refractivity contribution is 5.74. The van der Waals surface area contributed by atoms with Crippen LogP contribution in [-0.4, -0.2) is 6.61 Å². The van der Waals surface area contributed by atoms with E-state index in [1.54, 1.807) is 0 Å². The molecular formula is C26H44O2. The number of benzene rings is 1. The van der Waals surface area contributed by atoms with Crippen molar-refractivity contribution in [2.45, 2.75) is 123 Å². The van der Waals surface area contributed by atoms with E-state index in [9.17, 15) is 0 Å². The SMILES string of the molecule is CCCCCCCCCCCCCCCCCCOc1cc2oc1cc2CC. The van der Waals surface area contributed by atoms with Gasteiger partial charge in [0.15, 0.2) is 11.3 Å². The summed E-state index contributed by atoms with van der Waals surface area (Å²) in [5, 5.41) is 0. The fourth-order valence-electron chi connectivity index (χ4n) is 4.10. The molecule has 0 radical (unpaired) electrons. The lowest BCUT2D eigenvalue weighted by atomic mass is 10.0. The smallest absolute Gasteiger partial charge is 0.169 e. The number of rotatable bonds is 19. The van der Waals surface area contributed by atoms with Crippen molar-refractivity contribution >= 4 is 11.2 Å². The minimum atomic E-state index is 0.819. The Hall–Kier alpha value is -1.18. The van der Waals surface area contributed by atoms with Crippen molar-refractivity contribution in [3.63, 3.8) is 0 Å². The van der Waals surface area contributed by atoms with Crippen LogP contribution in [0.3, 0.4) is 0 Å². The zero-order valence-corrected chi connectivity index (χ0v) is 18.7. The van der Waals surface area contributed by atoms with Crippen LogP contribution in [0.2, 0.25) is 0 Å². The summed E-state index contributed by atoms with van der Waals surface area (Å²) in [6.07, 6.45) is 23.5. The molecule has 0 atom stereocenters. The van der Waals surface area contributed by atoms with E-state index in [1.165, 1.54) is 102 Å². The van der Waals surface area contributed by atoms with Gasteiger partial charge in [0, 0.05) is 6.07 Å². The fraction of sp³-hybridized carbons (Fsp3) is 0.769. The molecule has 0 aliphatic rings. The van der Waals surface area contributed by atoms with Crippen molar-refractivity contribution in [3.8, 4) is 5.75 Å². The van der Waals surface area contributed by atoms with Gasteiger partial charge in [-0.05, 0) is 24.5 Å². The maximum absolute atomic E-state index is 5.88. The summed E-state index contributed by atoms with van der Waals surface area (Å²) in [5.41, 5.74) is 3.22. The zero-order valence-electron chi connectivity index (χ0n) is 18.7. The molecule has 0 N–H and O–H groups in total. The van der Waals surface area contributed by atoms with Gasteiger partial charge >= 0.3 is 0 Å². The number of hydrogen-bond donors (Lipinski definition) is 0. The second-order valence-electron chi connectivity index (χ2n) is 8.51. The lowest BCUT2D eigenvalue weighted by molar-refractivity contribution is 0.306. The van der Waals surface area contributed by atoms with Crippen LogP contribution in [0.5, 0.6) is 5.75 Å². The van der Waals surface area contributed by atoms with E-state index in [2.05, 4.69) is 26.0 Å². The van der Waals surface area contributed by atoms with Crippen molar-refractivity contribution in [2.24, 2.45) is 0 Å². The number of ether oxygens (including phenoxy) is 1. The largest absolute Gasteiger partial charge is 0.490 e. The van der Waals surface area contributed by atoms with Gasteiger partial charge in [-0.15, -0.1) is 0 Å². The Morgan fingerprint density at radius 2 is 1.11 bits per heavy atom. The first-order valence-corrected chi connectivity index (χ1v) is 12.3. The van der Waals surface area contributed by atoms with Crippen molar-refractivity contribution in [2.75, 3.05) is 6.61 Å². The van der Waals surface area contributed by atoms with Gasteiger partial charge in [0.2, 0.25) is 0 Å². The quantitative estimate of drug-likeness (QED) is 0.224. The Kier molecular flexibility index (Phi) is 12.2. The van der Waals surface area contributed by atoms with E-state index < -0.39 is 0 Å². The molecule has 2 rings (SSSR count). The molecule has 0 fully saturated rings. The maximum Gasteiger partial charge on any atom is 0.169 e. The van der Waals surface area contributed by atoms with Gasteiger partial charge in [-0.2, -0.15) is 0 Å². The molecule has 0 aliphatic carbocycles. The Morgan fingerprint density at radius 3 is 1.54 bits per heavy atom. The number of hydrogen-bond acceptors (Lipinski definition) is 2. The maximum atomic E-state index is 5.88. The van der Waals surface area contributed by atoms with Gasteiger partial charge in [0.1, 0.15) is 5.58 Å². The van der Waals surface area contributed by atoms with Crippen molar-refractivity contribution in [1.29, 1.82) is 0 Å². The van der Waals surface area contributed by atoms with Crippen LogP contribution < -0.4 is 4.74 Å². The van der Waals surface area contributed by atoms with Crippen LogP contribution in [0, 0.1) is 0 Å². The van der Waals surface area contributed by atoms with E-state index in [-0.39, 0.29) is 0 Å². The first-order valence-electron chi connectivity index (χ1n) is 12.3. The molecule has 2 aromatic heterocycles. The van der Waals surface area contributed by atoms with Gasteiger partial charge < -0.3 is 9.15 Å². The van der Waals surface area contributed by atoms with Crippen LogP contribution in [-0.2, 0) is 6.42 Å². The third kappa shape index (κ3) is 8.88. The van der Waals surface area contributed by atoms with Gasteiger partial charge in [-0.1, -0.05) is 110 Å². The van der Waals surface area contributed by atoms with Crippen LogP contribution >= 0.6 is 0 Å². The second-order valence-corrected chi connectivity index (χ2v) is 8.51. The number of furan rings is 2. The number of unbranched alkanes of at least 4 members (excludes halogenated alkanes) is 15. The van der Waals surface area contributed by atoms with Gasteiger partial charge in [0.25, 0.3) is 0 Å². The molecule has 2 heterocycles. The summed E-state index contributed by atoms with van der Waals surface area (Å²) in [6.45, 7) is 5.27. The molecule has 2 bridgehead atoms. The minimum absolute atomic E-state index is 0.819. The predicted octanol–water partition coefficient (Wildman–Crippen LogP) is 9.07. The molecule has 160 valence electrons. The molecular weight excluding hydrogens is 344 g/mol. The van der Waals surface area contributed by atoms with E-state index in [0.717, 1.165) is 36.4 Å². The Morgan fingerprint density at radius 1 is 0.607 bits per heavy atom. The van der Waals surface area contributed by atoms with Crippen molar-refractivity contribution < 1.29 is 9.15 Å². The molecule has 2 nitrogen and oxygen atoms in total. The first kappa shape index (κ1) is 23.1. The Balaban J connectivity index is 1.30. The van der Waals surface area contributed by atoms with E-state index in [4.69, 9.17) is 9.15 Å². The van der Waals surface area contributed by atoms with E-state index in [1.807, 2.05) is 0 Å². The monoisotopic (exact) mass is 388 g/mol. The second kappa shape index (κ2) is 14.8. The fourth-order valence-corrected chi connectivity index (χ4v) is 4.10. The summed E-state index contributed by atoms with van der Waals surface area (Å²) in [4.78, 5) is 0. The van der Waals surface area contributed by atoms with E-state index in [0.29, 0.717) is 0 Å². The molecule has 0 amide bonds. The summed E-state index contributed by atoms with van der Waals surface area (Å²) in [7, 11) is 0. The Labute approximate surface area is 173 Å². The average Bonchev–Trinajstić information content (AvgIpc) is 3.30. The van der Waals surface area contributed by atoms with Crippen LogP contribution in [0.15, 0.2) is 16.5 Å². The van der Waals surface area contributed by atoms with Crippen molar-refractivity contribution in [1.82, 2.24) is 0 Å². The summed E-state index contributed by atoms with van der Waals surface area (Å²) in [5.74, 6) is 0.938. The zero-order chi connectivity index (χ0) is 19.9. The number of fused-ring (bicyclic) bond motifs is 2. The third-order valence-electron chi connectivity index (χ3n) is 5.98. The first-order chi connectivity index (χ1) is 13.8. The normalized spacial score (nSPS) is 11.6. The summed E-state index contributed by atoms with van der Waals surface area (Å²) in [6, 6.07) is 4.18. The molecule has 0 saturated carbocycles. The minimum Gasteiger partial charge on any atom is -0.490 e. The number of aryl methyl sites for hydroxylation is 1. The summed E-state index contributed by atoms with van der Waals surface area (Å²) >= 11 is 0. The standard InChI is InChI=1S/C26H44O2/c1-3-5-6-7-8-9-10-11-12-13-14-15-16-17-18-19-20-27-25-22-24-23(4-2)21-26(25)28-24/h21-22H,3-20H2,1-2H3. The lowest BCUT2D eigenvalue weighted by Gasteiger charge is -2.05. The van der Waals surface area contributed by atoms with Crippen LogP contribution in [0.4, 0.5) is 0 Å². The van der Waals surface area contributed by atoms with Crippen LogP contribution in [0.25, 0.3) is 11.2 Å². The molecule has 0 aliphatic heterocycles. The predicted molar refractivity (Wildman–Crippen MR) is 122 cm³/mol. The summed E-state index contributed by atoms with van der Waals surface area (Å²) < 4.78 is 11.6. The highest BCUT2D eigenvalue weighted by atomic mass is 16.5. The average molecular weight is 389 g/mol.